The molecule has 1 fully saturated rings. The zero-order valence-corrected chi connectivity index (χ0v) is 28.5. The summed E-state index contributed by atoms with van der Waals surface area (Å²) in [5.41, 5.74) is 5.30. The van der Waals surface area contributed by atoms with Gasteiger partial charge in [0.2, 0.25) is 0 Å². The number of rotatable bonds is 9. The molecule has 0 bridgehead atoms. The predicted octanol–water partition coefficient (Wildman–Crippen LogP) is 6.24. The number of fused-ring (bicyclic) bond motifs is 4. The summed E-state index contributed by atoms with van der Waals surface area (Å²) in [4.78, 5) is 17.0. The summed E-state index contributed by atoms with van der Waals surface area (Å²) in [7, 11) is 8.25. The number of ether oxygens (including phenoxy) is 5. The van der Waals surface area contributed by atoms with Crippen molar-refractivity contribution in [2.75, 3.05) is 60.9 Å². The zero-order valence-electron chi connectivity index (χ0n) is 26.9. The minimum absolute atomic E-state index is 0.104. The normalized spacial score (nSPS) is 23.0. The van der Waals surface area contributed by atoms with E-state index in [-0.39, 0.29) is 12.0 Å². The van der Waals surface area contributed by atoms with Crippen molar-refractivity contribution < 1.29 is 28.5 Å². The van der Waals surface area contributed by atoms with Gasteiger partial charge in [-0.15, -0.1) is 0 Å². The molecule has 0 spiro atoms. The molecule has 0 radical (unpaired) electrons. The largest absolute Gasteiger partial charge is 0.493 e. The third-order valence-electron chi connectivity index (χ3n) is 9.81. The highest BCUT2D eigenvalue weighted by atomic mass is 32.2. The molecule has 4 atom stereocenters. The van der Waals surface area contributed by atoms with Gasteiger partial charge in [0, 0.05) is 31.4 Å². The van der Waals surface area contributed by atoms with Gasteiger partial charge in [-0.3, -0.25) is 9.69 Å². The van der Waals surface area contributed by atoms with Crippen LogP contribution >= 0.6 is 24.0 Å². The van der Waals surface area contributed by atoms with Crippen molar-refractivity contribution in [3.8, 4) is 23.0 Å². The van der Waals surface area contributed by atoms with Crippen molar-refractivity contribution >= 4 is 34.3 Å². The molecule has 240 valence electrons. The number of thioether (sulfide) groups is 1. The Morgan fingerprint density at radius 2 is 1.45 bits per heavy atom. The lowest BCUT2D eigenvalue weighted by atomic mass is 9.75. The van der Waals surface area contributed by atoms with E-state index in [4.69, 9.17) is 35.9 Å². The third kappa shape index (κ3) is 6.49. The number of nitrogens with zero attached hydrogens (tertiary/aromatic N) is 2. The first kappa shape index (κ1) is 32.7. The lowest BCUT2D eigenvalue weighted by Crippen LogP contribution is -2.44. The average molecular weight is 643 g/mol. The quantitative estimate of drug-likeness (QED) is 0.232. The van der Waals surface area contributed by atoms with Crippen LogP contribution in [0.5, 0.6) is 23.0 Å². The summed E-state index contributed by atoms with van der Waals surface area (Å²) in [6.45, 7) is 5.23. The third-order valence-corrected chi connectivity index (χ3v) is 11.3. The molecule has 0 N–H and O–H groups in total. The Morgan fingerprint density at radius 3 is 2.07 bits per heavy atom. The van der Waals surface area contributed by atoms with E-state index in [1.54, 1.807) is 40.2 Å². The molecule has 44 heavy (non-hydrogen) atoms. The molecule has 3 heterocycles. The van der Waals surface area contributed by atoms with Crippen LogP contribution < -0.4 is 18.9 Å². The lowest BCUT2D eigenvalue weighted by Gasteiger charge is -2.45. The van der Waals surface area contributed by atoms with Gasteiger partial charge in [0.15, 0.2) is 23.0 Å². The van der Waals surface area contributed by atoms with E-state index in [9.17, 15) is 4.79 Å². The van der Waals surface area contributed by atoms with Crippen LogP contribution in [0.2, 0.25) is 0 Å². The van der Waals surface area contributed by atoms with E-state index in [1.807, 2.05) is 0 Å². The van der Waals surface area contributed by atoms with Gasteiger partial charge in [-0.2, -0.15) is 0 Å². The summed E-state index contributed by atoms with van der Waals surface area (Å²) >= 11 is 7.69. The van der Waals surface area contributed by atoms with Crippen LogP contribution in [0.15, 0.2) is 24.3 Å². The minimum atomic E-state index is -0.210. The second-order valence-corrected chi connectivity index (χ2v) is 13.5. The average Bonchev–Trinajstić information content (AvgIpc) is 3.25. The Labute approximate surface area is 271 Å². The fourth-order valence-electron chi connectivity index (χ4n) is 7.56. The van der Waals surface area contributed by atoms with Crippen molar-refractivity contribution in [2.24, 2.45) is 11.8 Å². The van der Waals surface area contributed by atoms with Crippen LogP contribution in [0.4, 0.5) is 0 Å². The van der Waals surface area contributed by atoms with Gasteiger partial charge < -0.3 is 28.6 Å². The van der Waals surface area contributed by atoms with Crippen LogP contribution in [0, 0.1) is 11.8 Å². The molecular weight excluding hydrogens is 597 g/mol. The van der Waals surface area contributed by atoms with Crippen molar-refractivity contribution in [1.82, 2.24) is 9.80 Å². The highest BCUT2D eigenvalue weighted by molar-refractivity contribution is 8.22. The lowest BCUT2D eigenvalue weighted by molar-refractivity contribution is -0.140. The van der Waals surface area contributed by atoms with Crippen LogP contribution in [-0.2, 0) is 22.4 Å². The fraction of sp³-hybridized carbons (Fsp3) is 0.588. The molecule has 0 amide bonds. The Kier molecular flexibility index (Phi) is 10.9. The first-order valence-electron chi connectivity index (χ1n) is 15.6. The number of carbonyl (C=O) groups excluding carboxylic acids is 1. The van der Waals surface area contributed by atoms with Crippen molar-refractivity contribution in [3.05, 3.63) is 46.5 Å². The first-order valence-corrected chi connectivity index (χ1v) is 17.0. The summed E-state index contributed by atoms with van der Waals surface area (Å²) in [5.74, 6) is 4.36. The molecule has 8 nitrogen and oxygen atoms in total. The minimum Gasteiger partial charge on any atom is -0.493 e. The second-order valence-electron chi connectivity index (χ2n) is 11.8. The van der Waals surface area contributed by atoms with Crippen molar-refractivity contribution in [1.29, 1.82) is 0 Å². The summed E-state index contributed by atoms with van der Waals surface area (Å²) < 4.78 is 28.6. The number of benzene rings is 2. The van der Waals surface area contributed by atoms with Crippen molar-refractivity contribution in [3.63, 3.8) is 0 Å². The molecule has 0 aliphatic carbocycles. The van der Waals surface area contributed by atoms with E-state index in [1.165, 1.54) is 29.4 Å². The Balaban J connectivity index is 1.51. The van der Waals surface area contributed by atoms with Gasteiger partial charge in [0.25, 0.3) is 0 Å². The second kappa shape index (κ2) is 14.6. The Morgan fingerprint density at radius 1 is 0.864 bits per heavy atom. The molecule has 3 aliphatic heterocycles. The van der Waals surface area contributed by atoms with Crippen LogP contribution in [0.1, 0.15) is 66.9 Å². The summed E-state index contributed by atoms with van der Waals surface area (Å²) in [5, 5.41) is 0. The monoisotopic (exact) mass is 642 g/mol. The van der Waals surface area contributed by atoms with Gasteiger partial charge in [-0.05, 0) is 84.0 Å². The maximum absolute atomic E-state index is 11.8. The molecule has 2 aromatic rings. The van der Waals surface area contributed by atoms with Crippen LogP contribution in [-0.4, -0.2) is 81.0 Å². The maximum Gasteiger partial charge on any atom is 0.306 e. The smallest absolute Gasteiger partial charge is 0.306 e. The highest BCUT2D eigenvalue weighted by Gasteiger charge is 2.43. The topological polar surface area (TPSA) is 69.7 Å². The molecule has 2 aromatic carbocycles. The Hall–Kier alpha value is -2.69. The van der Waals surface area contributed by atoms with Crippen LogP contribution in [0.25, 0.3) is 0 Å². The molecule has 5 rings (SSSR count). The van der Waals surface area contributed by atoms with E-state index in [0.29, 0.717) is 30.1 Å². The van der Waals surface area contributed by atoms with Gasteiger partial charge in [-0.25, -0.2) is 0 Å². The maximum atomic E-state index is 11.8. The molecule has 10 heteroatoms. The molecular formula is C34H46N2O6S2. The molecule has 0 saturated carbocycles. The van der Waals surface area contributed by atoms with Gasteiger partial charge >= 0.3 is 5.97 Å². The van der Waals surface area contributed by atoms with E-state index >= 15 is 0 Å². The van der Waals surface area contributed by atoms with E-state index in [2.05, 4.69) is 41.0 Å². The summed E-state index contributed by atoms with van der Waals surface area (Å²) in [6, 6.07) is 9.16. The number of methoxy groups -OCH3 is 5. The first-order chi connectivity index (χ1) is 21.4. The standard InChI is InChI=1S/C34H46N2O6S2/c1-7-21-20-35-13-10-22-16-28(38-2)30(40-4)18-25(22)27(35)9-8-24(21)33-26-19-31(41-5)29(39-3)17-23(26)11-14-36(33)34(43)44-15-12-32(37)42-6/h16-19,21,24,27,33H,7-15,20H2,1-6H3. The highest BCUT2D eigenvalue weighted by Crippen LogP contribution is 2.50. The fourth-order valence-corrected chi connectivity index (χ4v) is 8.83. The molecule has 3 aliphatic rings. The van der Waals surface area contributed by atoms with Gasteiger partial charge in [-0.1, -0.05) is 37.3 Å². The Bertz CT molecular complexity index is 1350. The molecule has 4 unspecified atom stereocenters. The van der Waals surface area contributed by atoms with Crippen molar-refractivity contribution in [2.45, 2.75) is 57.5 Å². The number of carbonyl (C=O) groups is 1. The summed E-state index contributed by atoms with van der Waals surface area (Å²) in [6.07, 6.45) is 5.42. The van der Waals surface area contributed by atoms with E-state index < -0.39 is 0 Å². The predicted molar refractivity (Wildman–Crippen MR) is 178 cm³/mol. The van der Waals surface area contributed by atoms with Gasteiger partial charge in [0.05, 0.1) is 48.0 Å². The number of hydrogen-bond donors (Lipinski definition) is 0. The van der Waals surface area contributed by atoms with E-state index in [0.717, 1.165) is 79.1 Å². The zero-order chi connectivity index (χ0) is 31.4. The van der Waals surface area contributed by atoms with Crippen LogP contribution in [0.3, 0.4) is 0 Å². The van der Waals surface area contributed by atoms with Gasteiger partial charge in [0.1, 0.15) is 4.32 Å². The number of esters is 1. The SMILES string of the molecule is CCC1CN2CCc3cc(OC)c(OC)cc3C2CCC1C1c2cc(OC)c(OC)cc2CCN1C(=S)SCCC(=O)OC. The number of thiocarbonyl (C=S) groups is 1. The number of hydrogen-bond acceptors (Lipinski definition) is 9. The molecule has 0 aromatic heterocycles. The molecule has 1 saturated heterocycles.